The number of benzene rings is 8. The van der Waals surface area contributed by atoms with Crippen molar-refractivity contribution >= 4 is 43.4 Å². The van der Waals surface area contributed by atoms with Crippen LogP contribution in [-0.2, 0) is 0 Å². The fourth-order valence-corrected chi connectivity index (χ4v) is 7.53. The Morgan fingerprint density at radius 3 is 1.29 bits per heavy atom. The number of hydrogen-bond acceptors (Lipinski definition) is 2. The maximum Gasteiger partial charge on any atom is 0.0992 e. The summed E-state index contributed by atoms with van der Waals surface area (Å²) in [5, 5.41) is 27.5. The SMILES string of the molecule is N#Cc1cc(-c2cc(C#N)cc(-n3c4ccccc4c4ccccc43)c2)cc(-c2c3ccccc3c(-c3ccccc3)c3ccccc23)c1. The van der Waals surface area contributed by atoms with E-state index in [-0.39, 0.29) is 0 Å². The van der Waals surface area contributed by atoms with E-state index in [0.717, 1.165) is 71.3 Å². The van der Waals surface area contributed by atoms with Gasteiger partial charge in [-0.25, -0.2) is 0 Å². The van der Waals surface area contributed by atoms with Crippen molar-refractivity contribution in [2.24, 2.45) is 0 Å². The van der Waals surface area contributed by atoms with Gasteiger partial charge in [0.25, 0.3) is 0 Å². The number of fused-ring (bicyclic) bond motifs is 5. The number of nitriles is 2. The molecule has 0 amide bonds. The predicted molar refractivity (Wildman–Crippen MR) is 202 cm³/mol. The van der Waals surface area contributed by atoms with Crippen LogP contribution in [-0.4, -0.2) is 4.57 Å². The van der Waals surface area contributed by atoms with Crippen LogP contribution in [0.4, 0.5) is 0 Å². The minimum atomic E-state index is 0.557. The molecule has 0 spiro atoms. The van der Waals surface area contributed by atoms with Crippen molar-refractivity contribution in [2.75, 3.05) is 0 Å². The number of para-hydroxylation sites is 2. The Balaban J connectivity index is 1.31. The molecule has 0 atom stereocenters. The topological polar surface area (TPSA) is 52.5 Å². The third-order valence-corrected chi connectivity index (χ3v) is 9.56. The summed E-state index contributed by atoms with van der Waals surface area (Å²) < 4.78 is 2.23. The number of nitrogens with zero attached hydrogens (tertiary/aromatic N) is 3. The highest BCUT2D eigenvalue weighted by Gasteiger charge is 2.19. The predicted octanol–water partition coefficient (Wildman–Crippen LogP) is 11.8. The van der Waals surface area contributed by atoms with E-state index in [0.29, 0.717) is 11.1 Å². The molecular formula is C46H27N3. The van der Waals surface area contributed by atoms with Gasteiger partial charge in [0, 0.05) is 16.5 Å². The zero-order valence-electron chi connectivity index (χ0n) is 26.4. The fraction of sp³-hybridized carbons (Fsp3) is 0. The van der Waals surface area contributed by atoms with Crippen molar-refractivity contribution in [2.45, 2.75) is 0 Å². The molecule has 3 heteroatoms. The van der Waals surface area contributed by atoms with Crippen molar-refractivity contribution in [3.8, 4) is 51.2 Å². The van der Waals surface area contributed by atoms with E-state index in [4.69, 9.17) is 0 Å². The summed E-state index contributed by atoms with van der Waals surface area (Å²) in [5.74, 6) is 0. The quantitative estimate of drug-likeness (QED) is 0.184. The summed E-state index contributed by atoms with van der Waals surface area (Å²) >= 11 is 0. The second-order valence-corrected chi connectivity index (χ2v) is 12.4. The van der Waals surface area contributed by atoms with Crippen LogP contribution in [0.15, 0.2) is 164 Å². The van der Waals surface area contributed by atoms with E-state index in [2.05, 4.69) is 138 Å². The second-order valence-electron chi connectivity index (χ2n) is 12.4. The summed E-state index contributed by atoms with van der Waals surface area (Å²) in [5.41, 5.74) is 10.3. The maximum absolute atomic E-state index is 10.3. The van der Waals surface area contributed by atoms with Crippen LogP contribution in [0, 0.1) is 22.7 Å². The van der Waals surface area contributed by atoms with Crippen LogP contribution in [0.3, 0.4) is 0 Å². The van der Waals surface area contributed by atoms with Crippen LogP contribution >= 0.6 is 0 Å². The lowest BCUT2D eigenvalue weighted by molar-refractivity contribution is 1.18. The summed E-state index contributed by atoms with van der Waals surface area (Å²) in [4.78, 5) is 0. The Hall–Kier alpha value is -6.94. The molecule has 0 radical (unpaired) electrons. The lowest BCUT2D eigenvalue weighted by Crippen LogP contribution is -1.96. The Bertz CT molecular complexity index is 2740. The maximum atomic E-state index is 10.3. The lowest BCUT2D eigenvalue weighted by Gasteiger charge is -2.18. The van der Waals surface area contributed by atoms with Crippen molar-refractivity contribution in [1.29, 1.82) is 10.5 Å². The first kappa shape index (κ1) is 28.3. The van der Waals surface area contributed by atoms with Gasteiger partial charge in [0.15, 0.2) is 0 Å². The molecule has 0 aliphatic heterocycles. The average molecular weight is 622 g/mol. The van der Waals surface area contributed by atoms with Gasteiger partial charge in [-0.3, -0.25) is 0 Å². The molecule has 0 unspecified atom stereocenters. The molecule has 0 saturated heterocycles. The van der Waals surface area contributed by atoms with Crippen molar-refractivity contribution in [3.63, 3.8) is 0 Å². The van der Waals surface area contributed by atoms with Crippen LogP contribution in [0.2, 0.25) is 0 Å². The van der Waals surface area contributed by atoms with Gasteiger partial charge < -0.3 is 4.57 Å². The Morgan fingerprint density at radius 1 is 0.347 bits per heavy atom. The molecule has 0 aliphatic rings. The molecule has 49 heavy (non-hydrogen) atoms. The third kappa shape index (κ3) is 4.57. The fourth-order valence-electron chi connectivity index (χ4n) is 7.53. The van der Waals surface area contributed by atoms with Gasteiger partial charge in [-0.2, -0.15) is 10.5 Å². The summed E-state index contributed by atoms with van der Waals surface area (Å²) in [6, 6.07) is 61.3. The summed E-state index contributed by atoms with van der Waals surface area (Å²) in [6.45, 7) is 0. The summed E-state index contributed by atoms with van der Waals surface area (Å²) in [6.07, 6.45) is 0. The van der Waals surface area contributed by atoms with Gasteiger partial charge in [-0.05, 0) is 103 Å². The van der Waals surface area contributed by atoms with E-state index in [1.165, 1.54) is 11.1 Å². The monoisotopic (exact) mass is 621 g/mol. The average Bonchev–Trinajstić information content (AvgIpc) is 3.51. The summed E-state index contributed by atoms with van der Waals surface area (Å²) in [7, 11) is 0. The largest absolute Gasteiger partial charge is 0.309 e. The normalized spacial score (nSPS) is 11.2. The first-order chi connectivity index (χ1) is 24.2. The zero-order valence-corrected chi connectivity index (χ0v) is 26.4. The van der Waals surface area contributed by atoms with Crippen LogP contribution in [0.5, 0.6) is 0 Å². The molecule has 1 heterocycles. The Morgan fingerprint density at radius 2 is 0.755 bits per heavy atom. The molecule has 1 aromatic heterocycles. The van der Waals surface area contributed by atoms with E-state index in [9.17, 15) is 10.5 Å². The standard InChI is InChI=1S/C46H27N3/c47-28-30-22-33(34-23-31(29-48)25-36(27-34)49-43-20-10-8-14-37(43)38-15-9-11-21-44(38)49)26-35(24-30)46-41-18-6-4-16-39(41)45(32-12-2-1-3-13-32)40-17-5-7-19-42(40)46/h1-27H. The molecule has 0 saturated carbocycles. The molecule has 3 nitrogen and oxygen atoms in total. The second kappa shape index (κ2) is 11.4. The minimum absolute atomic E-state index is 0.557. The van der Waals surface area contributed by atoms with Crippen molar-refractivity contribution < 1.29 is 0 Å². The van der Waals surface area contributed by atoms with E-state index < -0.39 is 0 Å². The first-order valence-electron chi connectivity index (χ1n) is 16.3. The van der Waals surface area contributed by atoms with Gasteiger partial charge in [-0.1, -0.05) is 115 Å². The highest BCUT2D eigenvalue weighted by molar-refractivity contribution is 6.21. The smallest absolute Gasteiger partial charge is 0.0992 e. The van der Waals surface area contributed by atoms with Gasteiger partial charge in [0.1, 0.15) is 0 Å². The van der Waals surface area contributed by atoms with Gasteiger partial charge in [-0.15, -0.1) is 0 Å². The molecule has 0 bridgehead atoms. The third-order valence-electron chi connectivity index (χ3n) is 9.56. The van der Waals surface area contributed by atoms with Crippen molar-refractivity contribution in [3.05, 3.63) is 175 Å². The molecule has 9 rings (SSSR count). The molecule has 0 aliphatic carbocycles. The molecule has 0 fully saturated rings. The number of hydrogen-bond donors (Lipinski definition) is 0. The van der Waals surface area contributed by atoms with E-state index >= 15 is 0 Å². The molecule has 8 aromatic carbocycles. The lowest BCUT2D eigenvalue weighted by atomic mass is 9.85. The van der Waals surface area contributed by atoms with E-state index in [1.807, 2.05) is 42.5 Å². The zero-order chi connectivity index (χ0) is 32.9. The Kier molecular flexibility index (Phi) is 6.58. The first-order valence-corrected chi connectivity index (χ1v) is 16.3. The Labute approximate surface area is 283 Å². The highest BCUT2D eigenvalue weighted by atomic mass is 15.0. The van der Waals surface area contributed by atoms with Gasteiger partial charge in [0.05, 0.1) is 34.3 Å². The molecule has 226 valence electrons. The number of aromatic nitrogens is 1. The van der Waals surface area contributed by atoms with Gasteiger partial charge in [0.2, 0.25) is 0 Å². The molecule has 0 N–H and O–H groups in total. The molecular weight excluding hydrogens is 595 g/mol. The number of rotatable bonds is 4. The van der Waals surface area contributed by atoms with E-state index in [1.54, 1.807) is 0 Å². The van der Waals surface area contributed by atoms with Crippen LogP contribution in [0.25, 0.3) is 82.4 Å². The van der Waals surface area contributed by atoms with Crippen LogP contribution in [0.1, 0.15) is 11.1 Å². The van der Waals surface area contributed by atoms with Crippen LogP contribution < -0.4 is 0 Å². The highest BCUT2D eigenvalue weighted by Crippen LogP contribution is 2.44. The van der Waals surface area contributed by atoms with Crippen molar-refractivity contribution in [1.82, 2.24) is 4.57 Å². The van der Waals surface area contributed by atoms with Gasteiger partial charge >= 0.3 is 0 Å². The molecule has 9 aromatic rings. The minimum Gasteiger partial charge on any atom is -0.309 e.